The van der Waals surface area contributed by atoms with Crippen LogP contribution in [0.25, 0.3) is 0 Å². The molecule has 0 saturated carbocycles. The number of allylic oxidation sites excluding steroid dienone is 3. The summed E-state index contributed by atoms with van der Waals surface area (Å²) in [6.07, 6.45) is 0. The highest BCUT2D eigenvalue weighted by molar-refractivity contribution is 8.03. The first-order valence-corrected chi connectivity index (χ1v) is 11.2. The molecule has 0 spiro atoms. The number of amides is 1. The number of benzene rings is 2. The quantitative estimate of drug-likeness (QED) is 0.595. The van der Waals surface area contributed by atoms with Gasteiger partial charge in [0.15, 0.2) is 5.78 Å². The minimum Gasteiger partial charge on any atom is -0.497 e. The largest absolute Gasteiger partial charge is 0.497 e. The highest BCUT2D eigenvalue weighted by Gasteiger charge is 2.33. The average Bonchev–Trinajstić information content (AvgIpc) is 2.78. The standard InChI is InChI=1S/C24H22ClN3O3S/c1-14-22(15(2)29)23(16-4-6-17(25)7-5-16)20(12-26)24(27-14)32-13-21(30)28-18-8-10-19(31-3)11-9-18/h4-11,23,27H,13H2,1-3H3,(H,28,30)/t23-/m1/s1. The second kappa shape index (κ2) is 10.4. The Morgan fingerprint density at radius 1 is 1.19 bits per heavy atom. The number of anilines is 1. The molecule has 0 bridgehead atoms. The molecule has 1 amide bonds. The summed E-state index contributed by atoms with van der Waals surface area (Å²) in [5.41, 5.74) is 3.02. The van der Waals surface area contributed by atoms with Gasteiger partial charge in [-0.3, -0.25) is 9.59 Å². The van der Waals surface area contributed by atoms with E-state index in [1.165, 1.54) is 18.7 Å². The minimum absolute atomic E-state index is 0.0928. The van der Waals surface area contributed by atoms with Crippen LogP contribution in [0.4, 0.5) is 5.69 Å². The molecule has 0 unspecified atom stereocenters. The van der Waals surface area contributed by atoms with Crippen molar-refractivity contribution in [2.75, 3.05) is 18.2 Å². The van der Waals surface area contributed by atoms with E-state index in [2.05, 4.69) is 16.7 Å². The number of rotatable bonds is 7. The van der Waals surface area contributed by atoms with Crippen molar-refractivity contribution in [2.24, 2.45) is 0 Å². The van der Waals surface area contributed by atoms with Crippen LogP contribution in [0.5, 0.6) is 5.75 Å². The number of methoxy groups -OCH3 is 1. The van der Waals surface area contributed by atoms with E-state index in [0.717, 1.165) is 5.56 Å². The van der Waals surface area contributed by atoms with Crippen LogP contribution in [0.2, 0.25) is 5.02 Å². The van der Waals surface area contributed by atoms with E-state index in [9.17, 15) is 14.9 Å². The first-order chi connectivity index (χ1) is 15.3. The van der Waals surface area contributed by atoms with Crippen LogP contribution in [-0.4, -0.2) is 24.6 Å². The topological polar surface area (TPSA) is 91.2 Å². The van der Waals surface area contributed by atoms with Crippen molar-refractivity contribution in [1.82, 2.24) is 5.32 Å². The Bertz CT molecular complexity index is 1130. The number of ketones is 1. The molecule has 1 aliphatic heterocycles. The maximum Gasteiger partial charge on any atom is 0.234 e. The Morgan fingerprint density at radius 2 is 1.84 bits per heavy atom. The number of Topliss-reactive ketones (excluding diaryl/α,β-unsaturated/α-hetero) is 1. The molecule has 0 aliphatic carbocycles. The lowest BCUT2D eigenvalue weighted by molar-refractivity contribution is -0.114. The monoisotopic (exact) mass is 467 g/mol. The third kappa shape index (κ3) is 5.34. The van der Waals surface area contributed by atoms with Gasteiger partial charge in [0, 0.05) is 22.0 Å². The van der Waals surface area contributed by atoms with E-state index >= 15 is 0 Å². The third-order valence-electron chi connectivity index (χ3n) is 4.95. The fourth-order valence-corrected chi connectivity index (χ4v) is 4.51. The van der Waals surface area contributed by atoms with Gasteiger partial charge in [-0.15, -0.1) is 0 Å². The predicted molar refractivity (Wildman–Crippen MR) is 127 cm³/mol. The molecule has 0 aromatic heterocycles. The molecule has 2 aromatic rings. The van der Waals surface area contributed by atoms with Gasteiger partial charge < -0.3 is 15.4 Å². The van der Waals surface area contributed by atoms with E-state index in [1.54, 1.807) is 50.4 Å². The zero-order chi connectivity index (χ0) is 23.3. The molecule has 3 rings (SSSR count). The summed E-state index contributed by atoms with van der Waals surface area (Å²) < 4.78 is 5.12. The van der Waals surface area contributed by atoms with Gasteiger partial charge in [0.1, 0.15) is 5.75 Å². The molecule has 1 atom stereocenters. The van der Waals surface area contributed by atoms with Gasteiger partial charge in [-0.1, -0.05) is 35.5 Å². The Balaban J connectivity index is 1.83. The van der Waals surface area contributed by atoms with Crippen LogP contribution in [0.15, 0.2) is 70.4 Å². The number of hydrogen-bond acceptors (Lipinski definition) is 6. The highest BCUT2D eigenvalue weighted by Crippen LogP contribution is 2.41. The molecule has 0 radical (unpaired) electrons. The Kier molecular flexibility index (Phi) is 7.62. The van der Waals surface area contributed by atoms with Gasteiger partial charge in [0.05, 0.1) is 35.5 Å². The highest BCUT2D eigenvalue weighted by atomic mass is 35.5. The molecule has 6 nitrogen and oxygen atoms in total. The molecule has 2 aromatic carbocycles. The number of carbonyl (C=O) groups is 2. The molecular formula is C24H22ClN3O3S. The van der Waals surface area contributed by atoms with Crippen LogP contribution in [0.1, 0.15) is 25.3 Å². The zero-order valence-electron chi connectivity index (χ0n) is 17.9. The average molecular weight is 468 g/mol. The number of nitriles is 1. The van der Waals surface area contributed by atoms with Crippen LogP contribution >= 0.6 is 23.4 Å². The van der Waals surface area contributed by atoms with Crippen LogP contribution in [-0.2, 0) is 9.59 Å². The summed E-state index contributed by atoms with van der Waals surface area (Å²) in [6.45, 7) is 3.28. The van der Waals surface area contributed by atoms with E-state index in [-0.39, 0.29) is 17.4 Å². The second-order valence-corrected chi connectivity index (χ2v) is 8.55. The smallest absolute Gasteiger partial charge is 0.234 e. The Hall–Kier alpha value is -3.21. The van der Waals surface area contributed by atoms with Gasteiger partial charge in [-0.2, -0.15) is 5.26 Å². The number of nitrogens with zero attached hydrogens (tertiary/aromatic N) is 1. The minimum atomic E-state index is -0.525. The lowest BCUT2D eigenvalue weighted by Gasteiger charge is -2.29. The number of halogens is 1. The van der Waals surface area contributed by atoms with Crippen molar-refractivity contribution < 1.29 is 14.3 Å². The van der Waals surface area contributed by atoms with Gasteiger partial charge in [0.25, 0.3) is 0 Å². The molecule has 2 N–H and O–H groups in total. The van der Waals surface area contributed by atoms with E-state index in [1.807, 2.05) is 12.1 Å². The molecule has 8 heteroatoms. The van der Waals surface area contributed by atoms with E-state index < -0.39 is 5.92 Å². The lowest BCUT2D eigenvalue weighted by Crippen LogP contribution is -2.27. The number of carbonyl (C=O) groups excluding carboxylic acids is 2. The number of dihydropyridines is 1. The third-order valence-corrected chi connectivity index (χ3v) is 6.22. The number of hydrogen-bond donors (Lipinski definition) is 2. The lowest BCUT2D eigenvalue weighted by atomic mass is 9.81. The first kappa shape index (κ1) is 23.5. The zero-order valence-corrected chi connectivity index (χ0v) is 19.4. The van der Waals surface area contributed by atoms with Crippen LogP contribution in [0, 0.1) is 11.3 Å². The van der Waals surface area contributed by atoms with Gasteiger partial charge >= 0.3 is 0 Å². The summed E-state index contributed by atoms with van der Waals surface area (Å²) in [7, 11) is 1.58. The molecule has 0 saturated heterocycles. The normalized spacial score (nSPS) is 15.7. The fraction of sp³-hybridized carbons (Fsp3) is 0.208. The summed E-state index contributed by atoms with van der Waals surface area (Å²) in [5.74, 6) is -0.0689. The molecule has 32 heavy (non-hydrogen) atoms. The van der Waals surface area contributed by atoms with Crippen molar-refractivity contribution in [1.29, 1.82) is 5.26 Å². The summed E-state index contributed by atoms with van der Waals surface area (Å²) in [6, 6.07) is 16.3. The number of nitrogens with one attached hydrogen (secondary N) is 2. The van der Waals surface area contributed by atoms with Crippen LogP contribution < -0.4 is 15.4 Å². The fourth-order valence-electron chi connectivity index (χ4n) is 3.49. The molecule has 164 valence electrons. The molecule has 1 heterocycles. The molecule has 0 fully saturated rings. The second-order valence-electron chi connectivity index (χ2n) is 7.12. The maximum atomic E-state index is 12.5. The predicted octanol–water partition coefficient (Wildman–Crippen LogP) is 5.01. The SMILES string of the molecule is COc1ccc(NC(=O)CSC2=C(C#N)[C@@H](c3ccc(Cl)cc3)C(C(C)=O)=C(C)N2)cc1. The van der Waals surface area contributed by atoms with Gasteiger partial charge in [-0.25, -0.2) is 0 Å². The maximum absolute atomic E-state index is 12.5. The van der Waals surface area contributed by atoms with E-state index in [4.69, 9.17) is 16.3 Å². The van der Waals surface area contributed by atoms with Crippen molar-refractivity contribution >= 4 is 40.7 Å². The molecular weight excluding hydrogens is 446 g/mol. The molecule has 1 aliphatic rings. The number of ether oxygens (including phenoxy) is 1. The van der Waals surface area contributed by atoms with Crippen molar-refractivity contribution in [3.05, 3.63) is 81.0 Å². The van der Waals surface area contributed by atoms with Gasteiger partial charge in [0.2, 0.25) is 5.91 Å². The summed E-state index contributed by atoms with van der Waals surface area (Å²) in [5, 5.41) is 17.0. The van der Waals surface area contributed by atoms with Crippen molar-refractivity contribution in [3.8, 4) is 11.8 Å². The summed E-state index contributed by atoms with van der Waals surface area (Å²) >= 11 is 7.24. The van der Waals surface area contributed by atoms with Crippen molar-refractivity contribution in [3.63, 3.8) is 0 Å². The van der Waals surface area contributed by atoms with Crippen LogP contribution in [0.3, 0.4) is 0 Å². The van der Waals surface area contributed by atoms with E-state index in [0.29, 0.717) is 38.3 Å². The Labute approximate surface area is 196 Å². The Morgan fingerprint density at radius 3 is 2.41 bits per heavy atom. The first-order valence-electron chi connectivity index (χ1n) is 9.79. The van der Waals surface area contributed by atoms with Crippen molar-refractivity contribution in [2.45, 2.75) is 19.8 Å². The summed E-state index contributed by atoms with van der Waals surface area (Å²) in [4.78, 5) is 24.9. The number of thioether (sulfide) groups is 1. The van der Waals surface area contributed by atoms with Gasteiger partial charge in [-0.05, 0) is 55.8 Å².